The zero-order valence-corrected chi connectivity index (χ0v) is 7.41. The molecule has 0 amide bonds. The van der Waals surface area contributed by atoms with Gasteiger partial charge in [-0.2, -0.15) is 13.2 Å². The van der Waals surface area contributed by atoms with Crippen LogP contribution in [-0.2, 0) is 6.18 Å². The van der Waals surface area contributed by atoms with Gasteiger partial charge in [0.1, 0.15) is 7.85 Å². The van der Waals surface area contributed by atoms with Crippen LogP contribution >= 0.6 is 15.9 Å². The van der Waals surface area contributed by atoms with E-state index in [0.29, 0.717) is 5.46 Å². The summed E-state index contributed by atoms with van der Waals surface area (Å²) >= 11 is 2.91. The zero-order valence-electron chi connectivity index (χ0n) is 5.82. The molecular formula is C7H3BBrF3. The molecule has 1 aromatic carbocycles. The molecule has 1 rings (SSSR count). The number of halogens is 4. The van der Waals surface area contributed by atoms with Gasteiger partial charge in [0.2, 0.25) is 0 Å². The van der Waals surface area contributed by atoms with Crippen molar-refractivity contribution in [1.82, 2.24) is 0 Å². The highest BCUT2D eigenvalue weighted by Crippen LogP contribution is 2.29. The molecule has 0 bridgehead atoms. The molecule has 1 aromatic rings. The van der Waals surface area contributed by atoms with Gasteiger partial charge in [0.15, 0.2) is 0 Å². The number of rotatable bonds is 0. The first-order valence-corrected chi connectivity index (χ1v) is 3.83. The molecule has 5 heteroatoms. The van der Waals surface area contributed by atoms with Crippen molar-refractivity contribution in [1.29, 1.82) is 0 Å². The second-order valence-corrected chi connectivity index (χ2v) is 3.09. The smallest absolute Gasteiger partial charge is 0.166 e. The van der Waals surface area contributed by atoms with Crippen molar-refractivity contribution >= 4 is 29.2 Å². The third kappa shape index (κ3) is 2.03. The second kappa shape index (κ2) is 3.13. The Hall–Kier alpha value is -0.445. The fourth-order valence-corrected chi connectivity index (χ4v) is 1.08. The number of hydrogen-bond donors (Lipinski definition) is 0. The van der Waals surface area contributed by atoms with Crippen LogP contribution in [0.25, 0.3) is 0 Å². The molecule has 0 aromatic heterocycles. The second-order valence-electron chi connectivity index (χ2n) is 2.23. The first-order valence-electron chi connectivity index (χ1n) is 3.03. The van der Waals surface area contributed by atoms with Crippen LogP contribution in [0, 0.1) is 0 Å². The van der Waals surface area contributed by atoms with Crippen LogP contribution in [0.3, 0.4) is 0 Å². The Labute approximate surface area is 77.3 Å². The summed E-state index contributed by atoms with van der Waals surface area (Å²) in [4.78, 5) is 0. The fraction of sp³-hybridized carbons (Fsp3) is 0.143. The first-order chi connectivity index (χ1) is 5.41. The molecule has 0 unspecified atom stereocenters. The monoisotopic (exact) mass is 234 g/mol. The van der Waals surface area contributed by atoms with Crippen LogP contribution in [0.5, 0.6) is 0 Å². The third-order valence-corrected chi connectivity index (χ3v) is 2.01. The molecule has 0 heterocycles. The van der Waals surface area contributed by atoms with Crippen molar-refractivity contribution in [3.8, 4) is 0 Å². The maximum Gasteiger partial charge on any atom is 0.416 e. The van der Waals surface area contributed by atoms with Gasteiger partial charge in [-0.05, 0) is 6.07 Å². The minimum atomic E-state index is -4.31. The highest BCUT2D eigenvalue weighted by atomic mass is 79.9. The van der Waals surface area contributed by atoms with Crippen molar-refractivity contribution in [2.24, 2.45) is 0 Å². The number of benzene rings is 1. The van der Waals surface area contributed by atoms with E-state index in [-0.39, 0.29) is 4.47 Å². The van der Waals surface area contributed by atoms with E-state index in [1.807, 2.05) is 0 Å². The predicted octanol–water partition coefficient (Wildman–Crippen LogP) is 2.26. The van der Waals surface area contributed by atoms with E-state index in [2.05, 4.69) is 15.9 Å². The summed E-state index contributed by atoms with van der Waals surface area (Å²) < 4.78 is 36.4. The normalized spacial score (nSPS) is 11.7. The minimum absolute atomic E-state index is 0.261. The van der Waals surface area contributed by atoms with Crippen molar-refractivity contribution < 1.29 is 13.2 Å². The minimum Gasteiger partial charge on any atom is -0.166 e. The molecule has 0 saturated heterocycles. The van der Waals surface area contributed by atoms with E-state index in [0.717, 1.165) is 12.1 Å². The molecule has 0 aliphatic carbocycles. The predicted molar refractivity (Wildman–Crippen MR) is 44.5 cm³/mol. The van der Waals surface area contributed by atoms with Crippen molar-refractivity contribution in [3.05, 3.63) is 28.2 Å². The van der Waals surface area contributed by atoms with E-state index in [9.17, 15) is 13.2 Å². The summed E-state index contributed by atoms with van der Waals surface area (Å²) in [7, 11) is 5.32. The average Bonchev–Trinajstić information content (AvgIpc) is 1.92. The van der Waals surface area contributed by atoms with Gasteiger partial charge in [0.25, 0.3) is 0 Å². The lowest BCUT2D eigenvalue weighted by molar-refractivity contribution is -0.137. The fourth-order valence-electron chi connectivity index (χ4n) is 0.703. The largest absolute Gasteiger partial charge is 0.416 e. The lowest BCUT2D eigenvalue weighted by atomic mass is 9.95. The van der Waals surface area contributed by atoms with Crippen molar-refractivity contribution in [2.75, 3.05) is 0 Å². The van der Waals surface area contributed by atoms with Crippen LogP contribution < -0.4 is 5.46 Å². The topological polar surface area (TPSA) is 0 Å². The van der Waals surface area contributed by atoms with Crippen molar-refractivity contribution in [2.45, 2.75) is 6.18 Å². The number of hydrogen-bond acceptors (Lipinski definition) is 0. The SMILES string of the molecule is [B]c1ccc(C(F)(F)F)cc1Br. The average molecular weight is 235 g/mol. The Morgan fingerprint density at radius 3 is 2.25 bits per heavy atom. The number of alkyl halides is 3. The molecule has 0 N–H and O–H groups in total. The third-order valence-electron chi connectivity index (χ3n) is 1.33. The molecule has 0 nitrogen and oxygen atoms in total. The Balaban J connectivity index is 3.14. The summed E-state index contributed by atoms with van der Waals surface area (Å²) in [6, 6.07) is 3.11. The summed E-state index contributed by atoms with van der Waals surface area (Å²) in [5.74, 6) is 0. The van der Waals surface area contributed by atoms with Gasteiger partial charge in [-0.25, -0.2) is 0 Å². The van der Waals surface area contributed by atoms with Gasteiger partial charge in [-0.3, -0.25) is 0 Å². The van der Waals surface area contributed by atoms with Gasteiger partial charge in [-0.1, -0.05) is 33.5 Å². The molecule has 12 heavy (non-hydrogen) atoms. The maximum absolute atomic E-state index is 12.0. The Morgan fingerprint density at radius 2 is 1.83 bits per heavy atom. The Bertz CT molecular complexity index is 295. The summed E-state index contributed by atoms with van der Waals surface area (Å²) in [5, 5.41) is 0. The van der Waals surface area contributed by atoms with E-state index < -0.39 is 11.7 Å². The lowest BCUT2D eigenvalue weighted by Gasteiger charge is -2.07. The summed E-state index contributed by atoms with van der Waals surface area (Å²) in [6.07, 6.45) is -4.31. The molecule has 2 radical (unpaired) electrons. The molecular weight excluding hydrogens is 232 g/mol. The maximum atomic E-state index is 12.0. The van der Waals surface area contributed by atoms with Crippen LogP contribution in [0.2, 0.25) is 0 Å². The molecule has 0 aliphatic heterocycles. The molecule has 0 saturated carbocycles. The summed E-state index contributed by atoms with van der Waals surface area (Å²) in [6.45, 7) is 0. The molecule has 0 spiro atoms. The summed E-state index contributed by atoms with van der Waals surface area (Å²) in [5.41, 5.74) is -0.411. The molecule has 0 aliphatic rings. The highest BCUT2D eigenvalue weighted by molar-refractivity contribution is 9.10. The van der Waals surface area contributed by atoms with Gasteiger partial charge in [-0.15, -0.1) is 0 Å². The van der Waals surface area contributed by atoms with Gasteiger partial charge >= 0.3 is 6.18 Å². The quantitative estimate of drug-likeness (QED) is 0.605. The van der Waals surface area contributed by atoms with Crippen LogP contribution in [-0.4, -0.2) is 7.85 Å². The zero-order chi connectivity index (χ0) is 9.35. The van der Waals surface area contributed by atoms with Crippen LogP contribution in [0.1, 0.15) is 5.56 Å². The van der Waals surface area contributed by atoms with Crippen LogP contribution in [0.15, 0.2) is 22.7 Å². The van der Waals surface area contributed by atoms with E-state index >= 15 is 0 Å². The Morgan fingerprint density at radius 1 is 1.25 bits per heavy atom. The Kier molecular flexibility index (Phi) is 2.51. The van der Waals surface area contributed by atoms with Gasteiger partial charge in [0.05, 0.1) is 5.56 Å². The van der Waals surface area contributed by atoms with Crippen LogP contribution in [0.4, 0.5) is 13.2 Å². The van der Waals surface area contributed by atoms with Crippen molar-refractivity contribution in [3.63, 3.8) is 0 Å². The van der Waals surface area contributed by atoms with E-state index in [1.54, 1.807) is 0 Å². The van der Waals surface area contributed by atoms with E-state index in [1.165, 1.54) is 6.07 Å². The molecule has 0 fully saturated rings. The van der Waals surface area contributed by atoms with Gasteiger partial charge in [0, 0.05) is 4.47 Å². The van der Waals surface area contributed by atoms with E-state index in [4.69, 9.17) is 7.85 Å². The van der Waals surface area contributed by atoms with Gasteiger partial charge < -0.3 is 0 Å². The first kappa shape index (κ1) is 9.64. The lowest BCUT2D eigenvalue weighted by Crippen LogP contribution is -2.10. The molecule has 0 atom stereocenters. The standard InChI is InChI=1S/C7H3BBrF3/c8-5-2-1-4(3-6(5)9)7(10,11)12/h1-3H. The molecule has 62 valence electrons. The highest BCUT2D eigenvalue weighted by Gasteiger charge is 2.30.